The molecule has 1 unspecified atom stereocenters. The minimum atomic E-state index is -0.978. The molecule has 0 saturated heterocycles. The zero-order valence-corrected chi connectivity index (χ0v) is 11.7. The minimum absolute atomic E-state index is 0.680. The number of hydrogen-bond acceptors (Lipinski definition) is 1. The first-order valence-corrected chi connectivity index (χ1v) is 7.07. The van der Waals surface area contributed by atoms with Crippen molar-refractivity contribution in [3.63, 3.8) is 0 Å². The lowest BCUT2D eigenvalue weighted by Crippen LogP contribution is -2.09. The summed E-state index contributed by atoms with van der Waals surface area (Å²) in [6, 6.07) is 4.11. The summed E-state index contributed by atoms with van der Waals surface area (Å²) >= 11 is 3.48. The quantitative estimate of drug-likeness (QED) is 0.902. The van der Waals surface area contributed by atoms with Gasteiger partial charge in [-0.3, -0.25) is 0 Å². The van der Waals surface area contributed by atoms with Gasteiger partial charge in [0.1, 0.15) is 11.0 Å². The summed E-state index contributed by atoms with van der Waals surface area (Å²) in [4.78, 5) is 0. The van der Waals surface area contributed by atoms with Crippen LogP contribution in [0.1, 0.15) is 24.5 Å². The van der Waals surface area contributed by atoms with E-state index in [1.54, 1.807) is 0 Å². The molecule has 0 aliphatic carbocycles. The standard InChI is InChI=1S/C11H16BrNOS/c1-4-5-15(14)13-11-9(3)6-8(2)7-10(11)12/h6-7,13H,4-5H2,1-3H3. The summed E-state index contributed by atoms with van der Waals surface area (Å²) in [5.74, 6) is 0.680. The number of nitrogens with one attached hydrogen (secondary N) is 1. The summed E-state index contributed by atoms with van der Waals surface area (Å²) in [5, 5.41) is 0. The SMILES string of the molecule is CCCS(=O)Nc1c(C)cc(C)cc1Br. The first kappa shape index (κ1) is 12.7. The van der Waals surface area contributed by atoms with Crippen LogP contribution in [0.25, 0.3) is 0 Å². The number of rotatable bonds is 4. The van der Waals surface area contributed by atoms with Gasteiger partial charge in [0.25, 0.3) is 0 Å². The molecule has 0 amide bonds. The van der Waals surface area contributed by atoms with Crippen LogP contribution in [0.5, 0.6) is 0 Å². The smallest absolute Gasteiger partial charge is 0.117 e. The first-order chi connectivity index (χ1) is 7.04. The van der Waals surface area contributed by atoms with E-state index >= 15 is 0 Å². The number of anilines is 1. The Labute approximate surface area is 102 Å². The Morgan fingerprint density at radius 3 is 2.60 bits per heavy atom. The number of hydrogen-bond donors (Lipinski definition) is 1. The van der Waals surface area contributed by atoms with Crippen LogP contribution in [0.15, 0.2) is 16.6 Å². The maximum absolute atomic E-state index is 11.6. The molecule has 2 nitrogen and oxygen atoms in total. The highest BCUT2D eigenvalue weighted by Gasteiger charge is 2.07. The van der Waals surface area contributed by atoms with Gasteiger partial charge in [0.15, 0.2) is 0 Å². The maximum Gasteiger partial charge on any atom is 0.117 e. The van der Waals surface area contributed by atoms with Crippen molar-refractivity contribution >= 4 is 32.6 Å². The third-order valence-corrected chi connectivity index (χ3v) is 3.87. The van der Waals surface area contributed by atoms with Gasteiger partial charge in [0.2, 0.25) is 0 Å². The topological polar surface area (TPSA) is 29.1 Å². The molecule has 0 bridgehead atoms. The van der Waals surface area contributed by atoms with Crippen molar-refractivity contribution in [2.75, 3.05) is 10.5 Å². The maximum atomic E-state index is 11.6. The predicted molar refractivity (Wildman–Crippen MR) is 70.5 cm³/mol. The molecule has 84 valence electrons. The van der Waals surface area contributed by atoms with E-state index in [9.17, 15) is 4.21 Å². The molecular formula is C11H16BrNOS. The van der Waals surface area contributed by atoms with Crippen molar-refractivity contribution in [1.29, 1.82) is 0 Å². The molecule has 0 aliphatic rings. The fourth-order valence-corrected chi connectivity index (χ4v) is 3.27. The summed E-state index contributed by atoms with van der Waals surface area (Å²) in [6.45, 7) is 6.09. The summed E-state index contributed by atoms with van der Waals surface area (Å²) < 4.78 is 15.6. The third kappa shape index (κ3) is 3.61. The van der Waals surface area contributed by atoms with Crippen molar-refractivity contribution in [3.05, 3.63) is 27.7 Å². The average Bonchev–Trinajstić information content (AvgIpc) is 2.11. The molecule has 0 heterocycles. The molecule has 0 saturated carbocycles. The van der Waals surface area contributed by atoms with E-state index in [1.807, 2.05) is 26.8 Å². The number of halogens is 1. The molecule has 0 radical (unpaired) electrons. The number of benzene rings is 1. The summed E-state index contributed by atoms with van der Waals surface area (Å²) in [6.07, 6.45) is 0.919. The van der Waals surface area contributed by atoms with Crippen LogP contribution in [0.2, 0.25) is 0 Å². The van der Waals surface area contributed by atoms with Crippen molar-refractivity contribution in [3.8, 4) is 0 Å². The normalized spacial score (nSPS) is 12.5. The van der Waals surface area contributed by atoms with Gasteiger partial charge in [-0.05, 0) is 53.4 Å². The van der Waals surface area contributed by atoms with Crippen molar-refractivity contribution in [1.82, 2.24) is 0 Å². The van der Waals surface area contributed by atoms with Gasteiger partial charge < -0.3 is 4.72 Å². The van der Waals surface area contributed by atoms with E-state index in [0.717, 1.165) is 22.1 Å². The minimum Gasteiger partial charge on any atom is -0.304 e. The monoisotopic (exact) mass is 289 g/mol. The van der Waals surface area contributed by atoms with Crippen LogP contribution in [-0.2, 0) is 11.0 Å². The van der Waals surface area contributed by atoms with E-state index in [0.29, 0.717) is 5.75 Å². The van der Waals surface area contributed by atoms with E-state index in [2.05, 4.69) is 26.7 Å². The van der Waals surface area contributed by atoms with Crippen molar-refractivity contribution < 1.29 is 4.21 Å². The van der Waals surface area contributed by atoms with Crippen LogP contribution >= 0.6 is 15.9 Å². The van der Waals surface area contributed by atoms with Crippen LogP contribution in [0, 0.1) is 13.8 Å². The Morgan fingerprint density at radius 1 is 1.40 bits per heavy atom. The molecule has 1 aromatic rings. The first-order valence-electron chi connectivity index (χ1n) is 4.96. The van der Waals surface area contributed by atoms with E-state index in [-0.39, 0.29) is 0 Å². The Kier molecular flexibility index (Phi) is 4.80. The van der Waals surface area contributed by atoms with Gasteiger partial charge in [-0.1, -0.05) is 13.0 Å². The van der Waals surface area contributed by atoms with Gasteiger partial charge in [-0.25, -0.2) is 4.21 Å². The molecule has 1 N–H and O–H groups in total. The molecule has 15 heavy (non-hydrogen) atoms. The lowest BCUT2D eigenvalue weighted by Gasteiger charge is -2.11. The Hall–Kier alpha value is -0.350. The Morgan fingerprint density at radius 2 is 2.07 bits per heavy atom. The van der Waals surface area contributed by atoms with Crippen molar-refractivity contribution in [2.45, 2.75) is 27.2 Å². The van der Waals surface area contributed by atoms with Crippen LogP contribution in [-0.4, -0.2) is 9.96 Å². The van der Waals surface area contributed by atoms with Crippen molar-refractivity contribution in [2.24, 2.45) is 0 Å². The average molecular weight is 290 g/mol. The zero-order chi connectivity index (χ0) is 11.4. The molecular weight excluding hydrogens is 274 g/mol. The molecule has 1 aromatic carbocycles. The van der Waals surface area contributed by atoms with Gasteiger partial charge in [0, 0.05) is 10.2 Å². The molecule has 1 atom stereocenters. The molecule has 0 fully saturated rings. The zero-order valence-electron chi connectivity index (χ0n) is 9.26. The van der Waals surface area contributed by atoms with Crippen LogP contribution in [0.4, 0.5) is 5.69 Å². The fraction of sp³-hybridized carbons (Fsp3) is 0.455. The summed E-state index contributed by atoms with van der Waals surface area (Å²) in [7, 11) is -0.978. The largest absolute Gasteiger partial charge is 0.304 e. The second-order valence-electron chi connectivity index (χ2n) is 3.59. The second-order valence-corrected chi connectivity index (χ2v) is 5.75. The Bertz CT molecular complexity index is 356. The van der Waals surface area contributed by atoms with Crippen LogP contribution < -0.4 is 4.72 Å². The van der Waals surface area contributed by atoms with E-state index < -0.39 is 11.0 Å². The van der Waals surface area contributed by atoms with Gasteiger partial charge >= 0.3 is 0 Å². The lowest BCUT2D eigenvalue weighted by atomic mass is 10.1. The molecule has 0 aliphatic heterocycles. The van der Waals surface area contributed by atoms with Gasteiger partial charge in [-0.15, -0.1) is 0 Å². The Balaban J connectivity index is 2.90. The molecule has 1 rings (SSSR count). The van der Waals surface area contributed by atoms with Gasteiger partial charge in [-0.2, -0.15) is 0 Å². The highest BCUT2D eigenvalue weighted by Crippen LogP contribution is 2.28. The molecule has 0 aromatic heterocycles. The fourth-order valence-electron chi connectivity index (χ4n) is 1.40. The third-order valence-electron chi connectivity index (χ3n) is 2.04. The molecule has 0 spiro atoms. The summed E-state index contributed by atoms with van der Waals surface area (Å²) in [5.41, 5.74) is 3.25. The number of aryl methyl sites for hydroxylation is 2. The van der Waals surface area contributed by atoms with E-state index in [1.165, 1.54) is 5.56 Å². The highest BCUT2D eigenvalue weighted by molar-refractivity contribution is 9.10. The van der Waals surface area contributed by atoms with E-state index in [4.69, 9.17) is 0 Å². The predicted octanol–water partition coefficient (Wildman–Crippen LogP) is 3.55. The lowest BCUT2D eigenvalue weighted by molar-refractivity contribution is 0.685. The second kappa shape index (κ2) is 5.66. The van der Waals surface area contributed by atoms with Gasteiger partial charge in [0.05, 0.1) is 5.69 Å². The highest BCUT2D eigenvalue weighted by atomic mass is 79.9. The molecule has 4 heteroatoms. The van der Waals surface area contributed by atoms with Crippen LogP contribution in [0.3, 0.4) is 0 Å².